The SMILES string of the molecule is COc1ccc(CC(=O)Nc2cc(OC)c(OC)cc2C(=O)N2CCCCC2)cc1. The molecule has 1 fully saturated rings. The lowest BCUT2D eigenvalue weighted by molar-refractivity contribution is -0.115. The van der Waals surface area contributed by atoms with Gasteiger partial charge in [-0.3, -0.25) is 9.59 Å². The van der Waals surface area contributed by atoms with E-state index in [4.69, 9.17) is 14.2 Å². The molecule has 0 aliphatic carbocycles. The molecule has 2 aromatic carbocycles. The molecule has 0 unspecified atom stereocenters. The second-order valence-corrected chi connectivity index (χ2v) is 7.18. The van der Waals surface area contributed by atoms with Crippen LogP contribution in [0.2, 0.25) is 0 Å². The lowest BCUT2D eigenvalue weighted by Crippen LogP contribution is -2.36. The highest BCUT2D eigenvalue weighted by Crippen LogP contribution is 2.34. The second kappa shape index (κ2) is 10.0. The lowest BCUT2D eigenvalue weighted by atomic mass is 10.1. The van der Waals surface area contributed by atoms with Crippen LogP contribution in [0.25, 0.3) is 0 Å². The Morgan fingerprint density at radius 3 is 2.13 bits per heavy atom. The van der Waals surface area contributed by atoms with Crippen molar-refractivity contribution in [2.75, 3.05) is 39.7 Å². The monoisotopic (exact) mass is 412 g/mol. The van der Waals surface area contributed by atoms with Gasteiger partial charge in [0, 0.05) is 19.2 Å². The number of amides is 2. The number of ether oxygens (including phenoxy) is 3. The maximum atomic E-state index is 13.2. The normalized spacial score (nSPS) is 13.5. The van der Waals surface area contributed by atoms with Crippen molar-refractivity contribution < 1.29 is 23.8 Å². The number of hydrogen-bond acceptors (Lipinski definition) is 5. The van der Waals surface area contributed by atoms with Crippen LogP contribution in [0.3, 0.4) is 0 Å². The highest BCUT2D eigenvalue weighted by molar-refractivity contribution is 6.05. The molecule has 1 N–H and O–H groups in total. The molecule has 1 heterocycles. The average Bonchev–Trinajstić information content (AvgIpc) is 2.79. The predicted molar refractivity (Wildman–Crippen MR) is 115 cm³/mol. The van der Waals surface area contributed by atoms with Gasteiger partial charge in [-0.05, 0) is 43.0 Å². The summed E-state index contributed by atoms with van der Waals surface area (Å²) in [7, 11) is 4.64. The molecule has 160 valence electrons. The average molecular weight is 412 g/mol. The number of piperidine rings is 1. The molecule has 0 spiro atoms. The molecular weight excluding hydrogens is 384 g/mol. The summed E-state index contributed by atoms with van der Waals surface area (Å²) in [6, 6.07) is 10.6. The van der Waals surface area contributed by atoms with Gasteiger partial charge in [0.15, 0.2) is 11.5 Å². The topological polar surface area (TPSA) is 77.1 Å². The summed E-state index contributed by atoms with van der Waals surface area (Å²) in [5, 5.41) is 2.88. The minimum Gasteiger partial charge on any atom is -0.497 e. The van der Waals surface area contributed by atoms with Crippen molar-refractivity contribution in [3.63, 3.8) is 0 Å². The molecule has 1 aliphatic heterocycles. The van der Waals surface area contributed by atoms with Gasteiger partial charge in [-0.2, -0.15) is 0 Å². The van der Waals surface area contributed by atoms with E-state index in [0.717, 1.165) is 30.6 Å². The predicted octanol–water partition coefficient (Wildman–Crippen LogP) is 3.52. The van der Waals surface area contributed by atoms with Crippen molar-refractivity contribution in [3.8, 4) is 17.2 Å². The van der Waals surface area contributed by atoms with E-state index in [0.29, 0.717) is 35.8 Å². The number of likely N-dealkylation sites (tertiary alicyclic amines) is 1. The van der Waals surface area contributed by atoms with Gasteiger partial charge in [0.1, 0.15) is 5.75 Å². The highest BCUT2D eigenvalue weighted by Gasteiger charge is 2.24. The molecule has 7 heteroatoms. The fraction of sp³-hybridized carbons (Fsp3) is 0.391. The molecule has 3 rings (SSSR count). The Balaban J connectivity index is 1.85. The summed E-state index contributed by atoms with van der Waals surface area (Å²) >= 11 is 0. The maximum absolute atomic E-state index is 13.2. The van der Waals surface area contributed by atoms with E-state index < -0.39 is 0 Å². The van der Waals surface area contributed by atoms with Gasteiger partial charge in [-0.1, -0.05) is 12.1 Å². The number of benzene rings is 2. The smallest absolute Gasteiger partial charge is 0.256 e. The van der Waals surface area contributed by atoms with E-state index >= 15 is 0 Å². The lowest BCUT2D eigenvalue weighted by Gasteiger charge is -2.28. The molecule has 0 atom stereocenters. The van der Waals surface area contributed by atoms with E-state index in [2.05, 4.69) is 5.32 Å². The molecule has 30 heavy (non-hydrogen) atoms. The van der Waals surface area contributed by atoms with E-state index in [1.807, 2.05) is 29.2 Å². The molecule has 2 aromatic rings. The first kappa shape index (κ1) is 21.5. The molecule has 0 bridgehead atoms. The first-order valence-electron chi connectivity index (χ1n) is 10.0. The first-order chi connectivity index (χ1) is 14.5. The second-order valence-electron chi connectivity index (χ2n) is 7.18. The standard InChI is InChI=1S/C23H28N2O5/c1-28-17-9-7-16(8-10-17)13-22(26)24-19-15-21(30-3)20(29-2)14-18(19)23(27)25-11-5-4-6-12-25/h7-10,14-15H,4-6,11-13H2,1-3H3,(H,24,26). The van der Waals surface area contributed by atoms with Crippen LogP contribution < -0.4 is 19.5 Å². The maximum Gasteiger partial charge on any atom is 0.256 e. The van der Waals surface area contributed by atoms with Crippen LogP contribution in [0, 0.1) is 0 Å². The van der Waals surface area contributed by atoms with Crippen LogP contribution in [0.15, 0.2) is 36.4 Å². The van der Waals surface area contributed by atoms with Gasteiger partial charge < -0.3 is 24.4 Å². The summed E-state index contributed by atoms with van der Waals surface area (Å²) in [6.07, 6.45) is 3.27. The number of rotatable bonds is 7. The molecular formula is C23H28N2O5. The number of nitrogens with zero attached hydrogens (tertiary/aromatic N) is 1. The Hall–Kier alpha value is -3.22. The molecule has 1 aliphatic rings. The number of carbonyl (C=O) groups is 2. The van der Waals surface area contributed by atoms with Gasteiger partial charge in [-0.25, -0.2) is 0 Å². The van der Waals surface area contributed by atoms with Gasteiger partial charge in [0.25, 0.3) is 5.91 Å². The number of anilines is 1. The number of methoxy groups -OCH3 is 3. The molecule has 0 radical (unpaired) electrons. The fourth-order valence-electron chi connectivity index (χ4n) is 3.55. The van der Waals surface area contributed by atoms with Crippen LogP contribution in [-0.2, 0) is 11.2 Å². The molecule has 0 aromatic heterocycles. The summed E-state index contributed by atoms with van der Waals surface area (Å²) in [5.41, 5.74) is 1.66. The fourth-order valence-corrected chi connectivity index (χ4v) is 3.55. The van der Waals surface area contributed by atoms with E-state index in [-0.39, 0.29) is 18.2 Å². The quantitative estimate of drug-likeness (QED) is 0.753. The zero-order valence-corrected chi connectivity index (χ0v) is 17.7. The molecule has 7 nitrogen and oxygen atoms in total. The van der Waals surface area contributed by atoms with E-state index in [1.165, 1.54) is 14.2 Å². The third kappa shape index (κ3) is 5.03. The van der Waals surface area contributed by atoms with Crippen LogP contribution in [0.4, 0.5) is 5.69 Å². The van der Waals surface area contributed by atoms with Crippen molar-refractivity contribution in [2.45, 2.75) is 25.7 Å². The van der Waals surface area contributed by atoms with Crippen molar-refractivity contribution in [3.05, 3.63) is 47.5 Å². The largest absolute Gasteiger partial charge is 0.497 e. The third-order valence-electron chi connectivity index (χ3n) is 5.20. The summed E-state index contributed by atoms with van der Waals surface area (Å²) in [5.74, 6) is 1.29. The molecule has 2 amide bonds. The Kier molecular flexibility index (Phi) is 7.17. The Bertz CT molecular complexity index is 889. The Morgan fingerprint density at radius 1 is 0.900 bits per heavy atom. The summed E-state index contributed by atoms with van der Waals surface area (Å²) < 4.78 is 15.9. The van der Waals surface area contributed by atoms with Crippen LogP contribution >= 0.6 is 0 Å². The minimum atomic E-state index is -0.222. The Morgan fingerprint density at radius 2 is 1.53 bits per heavy atom. The van der Waals surface area contributed by atoms with Gasteiger partial charge in [0.05, 0.1) is 39.0 Å². The van der Waals surface area contributed by atoms with Gasteiger partial charge in [0.2, 0.25) is 5.91 Å². The van der Waals surface area contributed by atoms with Crippen molar-refractivity contribution >= 4 is 17.5 Å². The van der Waals surface area contributed by atoms with Crippen molar-refractivity contribution in [1.82, 2.24) is 4.90 Å². The third-order valence-corrected chi connectivity index (χ3v) is 5.20. The van der Waals surface area contributed by atoms with Crippen molar-refractivity contribution in [2.24, 2.45) is 0 Å². The van der Waals surface area contributed by atoms with Crippen LogP contribution in [0.5, 0.6) is 17.2 Å². The van der Waals surface area contributed by atoms with Crippen LogP contribution in [-0.4, -0.2) is 51.1 Å². The van der Waals surface area contributed by atoms with Crippen molar-refractivity contribution in [1.29, 1.82) is 0 Å². The molecule has 0 saturated carbocycles. The summed E-state index contributed by atoms with van der Waals surface area (Å²) in [4.78, 5) is 27.7. The van der Waals surface area contributed by atoms with E-state index in [9.17, 15) is 9.59 Å². The Labute approximate surface area is 176 Å². The molecule has 1 saturated heterocycles. The zero-order valence-electron chi connectivity index (χ0n) is 17.7. The summed E-state index contributed by atoms with van der Waals surface area (Å²) in [6.45, 7) is 1.43. The van der Waals surface area contributed by atoms with Gasteiger partial charge in [-0.15, -0.1) is 0 Å². The number of hydrogen-bond donors (Lipinski definition) is 1. The first-order valence-corrected chi connectivity index (χ1v) is 10.0. The highest BCUT2D eigenvalue weighted by atomic mass is 16.5. The van der Waals surface area contributed by atoms with Crippen LogP contribution in [0.1, 0.15) is 35.2 Å². The minimum absolute atomic E-state index is 0.115. The number of nitrogens with one attached hydrogen (secondary N) is 1. The number of carbonyl (C=O) groups excluding carboxylic acids is 2. The zero-order chi connectivity index (χ0) is 21.5. The van der Waals surface area contributed by atoms with Gasteiger partial charge >= 0.3 is 0 Å². The van der Waals surface area contributed by atoms with E-state index in [1.54, 1.807) is 19.2 Å².